The lowest BCUT2D eigenvalue weighted by Crippen LogP contribution is -2.25. The van der Waals surface area contributed by atoms with E-state index in [1.54, 1.807) is 11.8 Å². The van der Waals surface area contributed by atoms with Gasteiger partial charge >= 0.3 is 0 Å². The van der Waals surface area contributed by atoms with Gasteiger partial charge in [0.1, 0.15) is 5.75 Å². The first-order valence-corrected chi connectivity index (χ1v) is 12.9. The summed E-state index contributed by atoms with van der Waals surface area (Å²) in [6.07, 6.45) is 9.07. The molecule has 2 aromatic rings. The average molecular weight is 449 g/mol. The van der Waals surface area contributed by atoms with Gasteiger partial charge in [0.05, 0.1) is 5.25 Å². The van der Waals surface area contributed by atoms with Gasteiger partial charge in [-0.2, -0.15) is 4.99 Å². The maximum atomic E-state index is 12.5. The summed E-state index contributed by atoms with van der Waals surface area (Å²) in [5.41, 5.74) is 4.55. The molecule has 2 heterocycles. The molecule has 3 aliphatic rings. The third-order valence-corrected chi connectivity index (χ3v) is 8.60. The number of amides is 1. The molecule has 0 radical (unpaired) electrons. The zero-order valence-electron chi connectivity index (χ0n) is 18.8. The highest BCUT2D eigenvalue weighted by molar-refractivity contribution is 8.15. The van der Waals surface area contributed by atoms with Crippen LogP contribution < -0.4 is 0 Å². The van der Waals surface area contributed by atoms with Crippen LogP contribution in [0.4, 0.5) is 0 Å². The lowest BCUT2D eigenvalue weighted by Gasteiger charge is -2.35. The maximum absolute atomic E-state index is 12.5. The summed E-state index contributed by atoms with van der Waals surface area (Å²) >= 11 is 1.63. The Bertz CT molecular complexity index is 1040. The zero-order chi connectivity index (χ0) is 22.1. The van der Waals surface area contributed by atoms with Crippen molar-refractivity contribution < 1.29 is 9.90 Å². The van der Waals surface area contributed by atoms with E-state index in [1.165, 1.54) is 32.1 Å². The van der Waals surface area contributed by atoms with E-state index in [0.29, 0.717) is 12.2 Å². The van der Waals surface area contributed by atoms with Gasteiger partial charge in [-0.3, -0.25) is 4.79 Å². The molecule has 1 N–H and O–H groups in total. The van der Waals surface area contributed by atoms with Crippen LogP contribution in [0.3, 0.4) is 0 Å². The number of nitrogens with zero attached hydrogens (tertiary/aromatic N) is 2. The van der Waals surface area contributed by atoms with Crippen molar-refractivity contribution in [3.05, 3.63) is 53.6 Å². The van der Waals surface area contributed by atoms with Crippen LogP contribution in [0.5, 0.6) is 5.75 Å². The number of carbonyl (C=O) groups excluding carboxylic acids is 1. The van der Waals surface area contributed by atoms with Gasteiger partial charge in [0.25, 0.3) is 5.91 Å². The van der Waals surface area contributed by atoms with Gasteiger partial charge in [-0.1, -0.05) is 68.3 Å². The number of hydrogen-bond donors (Lipinski definition) is 1. The van der Waals surface area contributed by atoms with Gasteiger partial charge in [0.2, 0.25) is 0 Å². The molecule has 1 amide bonds. The SMILES string of the molecule is CC1(c2cc(-c3cccc(CC4SC(N5CCCC5)=NC4=O)c3)ccc2O)CCCCC1. The minimum Gasteiger partial charge on any atom is -0.508 e. The van der Waals surface area contributed by atoms with E-state index < -0.39 is 0 Å². The van der Waals surface area contributed by atoms with Gasteiger partial charge in [-0.15, -0.1) is 0 Å². The number of aromatic hydroxyl groups is 1. The third-order valence-electron chi connectivity index (χ3n) is 7.39. The second-order valence-corrected chi connectivity index (χ2v) is 11.0. The van der Waals surface area contributed by atoms with Gasteiger partial charge in [0, 0.05) is 18.7 Å². The molecule has 2 aliphatic heterocycles. The Balaban J connectivity index is 1.35. The molecular formula is C27H32N2O2S. The van der Waals surface area contributed by atoms with Crippen LogP contribution in [0, 0.1) is 0 Å². The van der Waals surface area contributed by atoms with E-state index in [9.17, 15) is 9.90 Å². The molecule has 5 rings (SSSR count). The van der Waals surface area contributed by atoms with Crippen LogP contribution >= 0.6 is 11.8 Å². The molecule has 2 fully saturated rings. The average Bonchev–Trinajstić information content (AvgIpc) is 3.45. The highest BCUT2D eigenvalue weighted by Crippen LogP contribution is 2.44. The fraction of sp³-hybridized carbons (Fsp3) is 0.481. The number of phenols is 1. The second kappa shape index (κ2) is 8.93. The van der Waals surface area contributed by atoms with Crippen LogP contribution in [0.2, 0.25) is 0 Å². The van der Waals surface area contributed by atoms with Crippen molar-refractivity contribution >= 4 is 22.8 Å². The van der Waals surface area contributed by atoms with Crippen molar-refractivity contribution in [2.45, 2.75) is 69.0 Å². The van der Waals surface area contributed by atoms with Crippen molar-refractivity contribution in [2.75, 3.05) is 13.1 Å². The Morgan fingerprint density at radius 2 is 1.78 bits per heavy atom. The molecule has 0 bridgehead atoms. The first-order valence-electron chi connectivity index (χ1n) is 12.0. The topological polar surface area (TPSA) is 52.9 Å². The summed E-state index contributed by atoms with van der Waals surface area (Å²) in [5, 5.41) is 11.4. The molecule has 168 valence electrons. The lowest BCUT2D eigenvalue weighted by atomic mass is 9.70. The lowest BCUT2D eigenvalue weighted by molar-refractivity contribution is -0.117. The Kier molecular flexibility index (Phi) is 6.02. The molecule has 1 atom stereocenters. The monoisotopic (exact) mass is 448 g/mol. The Hall–Kier alpha value is -2.27. The minimum atomic E-state index is -0.127. The van der Waals surface area contributed by atoms with Crippen LogP contribution in [-0.2, 0) is 16.6 Å². The Morgan fingerprint density at radius 1 is 1.03 bits per heavy atom. The van der Waals surface area contributed by atoms with Crippen LogP contribution in [0.25, 0.3) is 11.1 Å². The summed E-state index contributed by atoms with van der Waals surface area (Å²) in [5.74, 6) is 0.410. The van der Waals surface area contributed by atoms with Crippen LogP contribution in [0.1, 0.15) is 63.0 Å². The van der Waals surface area contributed by atoms with Gasteiger partial charge in [0.15, 0.2) is 5.17 Å². The van der Waals surface area contributed by atoms with Gasteiger partial charge in [-0.05, 0) is 66.3 Å². The maximum Gasteiger partial charge on any atom is 0.262 e. The van der Waals surface area contributed by atoms with E-state index in [4.69, 9.17) is 0 Å². The van der Waals surface area contributed by atoms with E-state index in [-0.39, 0.29) is 16.6 Å². The predicted octanol–water partition coefficient (Wildman–Crippen LogP) is 5.92. The Morgan fingerprint density at radius 3 is 2.56 bits per heavy atom. The molecule has 0 spiro atoms. The Labute approximate surface area is 195 Å². The summed E-state index contributed by atoms with van der Waals surface area (Å²) in [6.45, 7) is 4.33. The fourth-order valence-corrected chi connectivity index (χ4v) is 6.60. The van der Waals surface area contributed by atoms with Crippen molar-refractivity contribution in [3.8, 4) is 16.9 Å². The normalized spacial score (nSPS) is 22.9. The summed E-state index contributed by atoms with van der Waals surface area (Å²) in [6, 6.07) is 14.5. The number of aliphatic imine (C=N–C) groups is 1. The van der Waals surface area contributed by atoms with Crippen molar-refractivity contribution in [2.24, 2.45) is 4.99 Å². The summed E-state index contributed by atoms with van der Waals surface area (Å²) < 4.78 is 0. The number of rotatable bonds is 4. The highest BCUT2D eigenvalue weighted by atomic mass is 32.2. The van der Waals surface area contributed by atoms with E-state index >= 15 is 0 Å². The van der Waals surface area contributed by atoms with Crippen molar-refractivity contribution in [1.29, 1.82) is 0 Å². The highest BCUT2D eigenvalue weighted by Gasteiger charge is 2.33. The molecule has 1 saturated carbocycles. The molecular weight excluding hydrogens is 416 g/mol. The van der Waals surface area contributed by atoms with E-state index in [0.717, 1.165) is 53.4 Å². The van der Waals surface area contributed by atoms with Gasteiger partial charge < -0.3 is 10.0 Å². The number of likely N-dealkylation sites (tertiary alicyclic amines) is 1. The number of hydrogen-bond acceptors (Lipinski definition) is 4. The number of amidine groups is 1. The number of phenolic OH excluding ortho intramolecular Hbond substituents is 1. The first-order chi connectivity index (χ1) is 15.5. The predicted molar refractivity (Wildman–Crippen MR) is 132 cm³/mol. The fourth-order valence-electron chi connectivity index (χ4n) is 5.45. The number of benzene rings is 2. The summed E-state index contributed by atoms with van der Waals surface area (Å²) in [4.78, 5) is 19.1. The quantitative estimate of drug-likeness (QED) is 0.631. The molecule has 2 aromatic carbocycles. The zero-order valence-corrected chi connectivity index (χ0v) is 19.7. The van der Waals surface area contributed by atoms with Crippen molar-refractivity contribution in [3.63, 3.8) is 0 Å². The van der Waals surface area contributed by atoms with E-state index in [1.807, 2.05) is 12.1 Å². The molecule has 1 aliphatic carbocycles. The second-order valence-electron chi connectivity index (χ2n) is 9.79. The third kappa shape index (κ3) is 4.32. The molecule has 4 nitrogen and oxygen atoms in total. The molecule has 5 heteroatoms. The van der Waals surface area contributed by atoms with Gasteiger partial charge in [-0.25, -0.2) is 0 Å². The summed E-state index contributed by atoms with van der Waals surface area (Å²) in [7, 11) is 0. The number of thioether (sulfide) groups is 1. The smallest absolute Gasteiger partial charge is 0.262 e. The standard InChI is InChI=1S/C27H32N2O2S/c1-27(12-3-2-4-13-27)22-18-21(10-11-23(22)30)20-9-7-8-19(16-20)17-24-25(31)28-26(32-24)29-14-5-6-15-29/h7-11,16,18,24,30H,2-6,12-15,17H2,1H3. The molecule has 0 aromatic heterocycles. The van der Waals surface area contributed by atoms with E-state index in [2.05, 4.69) is 47.1 Å². The van der Waals surface area contributed by atoms with Crippen LogP contribution in [0.15, 0.2) is 47.5 Å². The molecule has 1 unspecified atom stereocenters. The molecule has 32 heavy (non-hydrogen) atoms. The first kappa shape index (κ1) is 21.6. The van der Waals surface area contributed by atoms with Crippen molar-refractivity contribution in [1.82, 2.24) is 4.90 Å². The minimum absolute atomic E-state index is 0.000513. The number of carbonyl (C=O) groups is 1. The van der Waals surface area contributed by atoms with Crippen LogP contribution in [-0.4, -0.2) is 39.4 Å². The largest absolute Gasteiger partial charge is 0.508 e. The molecule has 1 saturated heterocycles.